The molecule has 0 aliphatic heterocycles. The fourth-order valence-electron chi connectivity index (χ4n) is 1.70. The summed E-state index contributed by atoms with van der Waals surface area (Å²) in [4.78, 5) is 6.99. The molecule has 0 aliphatic carbocycles. The van der Waals surface area contributed by atoms with Gasteiger partial charge in [0.15, 0.2) is 0 Å². The van der Waals surface area contributed by atoms with Crippen molar-refractivity contribution in [1.29, 1.82) is 0 Å². The van der Waals surface area contributed by atoms with E-state index in [1.807, 2.05) is 16.0 Å². The largest absolute Gasteiger partial charge is 0.305 e. The average molecular weight is 250 g/mol. The van der Waals surface area contributed by atoms with Gasteiger partial charge in [-0.1, -0.05) is 6.92 Å². The third-order valence-electron chi connectivity index (χ3n) is 2.51. The second-order valence-electron chi connectivity index (χ2n) is 4.02. The SMILES string of the molecule is CCCn1ncnc1CNCc1ccc(C)s1. The van der Waals surface area contributed by atoms with Gasteiger partial charge in [-0.15, -0.1) is 11.3 Å². The molecule has 2 rings (SSSR count). The molecule has 0 saturated carbocycles. The summed E-state index contributed by atoms with van der Waals surface area (Å²) in [5.41, 5.74) is 0. The second-order valence-corrected chi connectivity index (χ2v) is 5.39. The fourth-order valence-corrected chi connectivity index (χ4v) is 2.56. The highest BCUT2D eigenvalue weighted by Crippen LogP contribution is 2.14. The van der Waals surface area contributed by atoms with Crippen LogP contribution in [-0.4, -0.2) is 14.8 Å². The fraction of sp³-hybridized carbons (Fsp3) is 0.500. The van der Waals surface area contributed by atoms with Gasteiger partial charge >= 0.3 is 0 Å². The van der Waals surface area contributed by atoms with Gasteiger partial charge in [0.25, 0.3) is 0 Å². The molecule has 0 spiro atoms. The first-order valence-electron chi connectivity index (χ1n) is 5.92. The Morgan fingerprint density at radius 2 is 2.24 bits per heavy atom. The Morgan fingerprint density at radius 1 is 1.35 bits per heavy atom. The van der Waals surface area contributed by atoms with Crippen LogP contribution >= 0.6 is 11.3 Å². The molecule has 0 bridgehead atoms. The monoisotopic (exact) mass is 250 g/mol. The maximum atomic E-state index is 4.26. The highest BCUT2D eigenvalue weighted by atomic mass is 32.1. The lowest BCUT2D eigenvalue weighted by atomic mass is 10.4. The van der Waals surface area contributed by atoms with E-state index in [0.717, 1.165) is 31.9 Å². The lowest BCUT2D eigenvalue weighted by Gasteiger charge is -2.05. The highest BCUT2D eigenvalue weighted by Gasteiger charge is 2.03. The van der Waals surface area contributed by atoms with Gasteiger partial charge in [-0.05, 0) is 25.5 Å². The van der Waals surface area contributed by atoms with Crippen LogP contribution in [0.5, 0.6) is 0 Å². The van der Waals surface area contributed by atoms with E-state index >= 15 is 0 Å². The number of hydrogen-bond donors (Lipinski definition) is 1. The van der Waals surface area contributed by atoms with Crippen LogP contribution in [0.25, 0.3) is 0 Å². The molecule has 2 aromatic heterocycles. The van der Waals surface area contributed by atoms with Crippen molar-refractivity contribution in [2.24, 2.45) is 0 Å². The molecule has 1 N–H and O–H groups in total. The topological polar surface area (TPSA) is 42.7 Å². The standard InChI is InChI=1S/C12H18N4S/c1-3-6-16-12(14-9-15-16)8-13-7-11-5-4-10(2)17-11/h4-5,9,13H,3,6-8H2,1-2H3. The van der Waals surface area contributed by atoms with Crippen LogP contribution in [0.4, 0.5) is 0 Å². The zero-order chi connectivity index (χ0) is 12.1. The van der Waals surface area contributed by atoms with E-state index in [1.165, 1.54) is 9.75 Å². The molecular formula is C12H18N4S. The molecule has 0 aromatic carbocycles. The first-order chi connectivity index (χ1) is 8.29. The van der Waals surface area contributed by atoms with Crippen molar-refractivity contribution in [3.8, 4) is 0 Å². The maximum absolute atomic E-state index is 4.26. The van der Waals surface area contributed by atoms with Crippen molar-refractivity contribution in [3.63, 3.8) is 0 Å². The van der Waals surface area contributed by atoms with Gasteiger partial charge in [-0.2, -0.15) is 5.10 Å². The van der Waals surface area contributed by atoms with E-state index in [2.05, 4.69) is 41.4 Å². The molecule has 4 nitrogen and oxygen atoms in total. The van der Waals surface area contributed by atoms with Gasteiger partial charge in [0.2, 0.25) is 0 Å². The molecule has 0 atom stereocenters. The van der Waals surface area contributed by atoms with Crippen LogP contribution in [0.15, 0.2) is 18.5 Å². The van der Waals surface area contributed by atoms with E-state index in [0.29, 0.717) is 0 Å². The van der Waals surface area contributed by atoms with E-state index in [9.17, 15) is 0 Å². The number of hydrogen-bond acceptors (Lipinski definition) is 4. The first kappa shape index (κ1) is 12.3. The van der Waals surface area contributed by atoms with Crippen molar-refractivity contribution in [2.45, 2.75) is 39.9 Å². The van der Waals surface area contributed by atoms with Gasteiger partial charge in [0.1, 0.15) is 12.2 Å². The van der Waals surface area contributed by atoms with Crippen LogP contribution in [-0.2, 0) is 19.6 Å². The zero-order valence-corrected chi connectivity index (χ0v) is 11.1. The summed E-state index contributed by atoms with van der Waals surface area (Å²) in [6.45, 7) is 6.89. The molecule has 0 unspecified atom stereocenters. The van der Waals surface area contributed by atoms with Crippen LogP contribution in [0.3, 0.4) is 0 Å². The number of nitrogens with one attached hydrogen (secondary N) is 1. The Hall–Kier alpha value is -1.20. The predicted octanol–water partition coefficient (Wildman–Crippen LogP) is 2.35. The molecule has 92 valence electrons. The summed E-state index contributed by atoms with van der Waals surface area (Å²) in [6, 6.07) is 4.32. The summed E-state index contributed by atoms with van der Waals surface area (Å²) < 4.78 is 1.96. The van der Waals surface area contributed by atoms with E-state index in [-0.39, 0.29) is 0 Å². The molecular weight excluding hydrogens is 232 g/mol. The highest BCUT2D eigenvalue weighted by molar-refractivity contribution is 7.11. The van der Waals surface area contributed by atoms with Gasteiger partial charge in [-0.25, -0.2) is 9.67 Å². The molecule has 0 fully saturated rings. The number of nitrogens with zero attached hydrogens (tertiary/aromatic N) is 3. The molecule has 2 aromatic rings. The van der Waals surface area contributed by atoms with Crippen LogP contribution in [0, 0.1) is 6.92 Å². The number of rotatable bonds is 6. The van der Waals surface area contributed by atoms with Gasteiger partial charge in [0, 0.05) is 22.8 Å². The maximum Gasteiger partial charge on any atom is 0.140 e. The van der Waals surface area contributed by atoms with Crippen LogP contribution < -0.4 is 5.32 Å². The molecule has 17 heavy (non-hydrogen) atoms. The number of aromatic nitrogens is 3. The minimum absolute atomic E-state index is 0.775. The van der Waals surface area contributed by atoms with Crippen molar-refractivity contribution >= 4 is 11.3 Å². The van der Waals surface area contributed by atoms with Crippen molar-refractivity contribution in [1.82, 2.24) is 20.1 Å². The average Bonchev–Trinajstić information content (AvgIpc) is 2.90. The van der Waals surface area contributed by atoms with Gasteiger partial charge in [-0.3, -0.25) is 0 Å². The Bertz CT molecular complexity index is 461. The molecule has 0 radical (unpaired) electrons. The summed E-state index contributed by atoms with van der Waals surface area (Å²) in [7, 11) is 0. The van der Waals surface area contributed by atoms with Crippen LogP contribution in [0.1, 0.15) is 28.9 Å². The van der Waals surface area contributed by atoms with Crippen molar-refractivity contribution < 1.29 is 0 Å². The lowest BCUT2D eigenvalue weighted by Crippen LogP contribution is -2.16. The van der Waals surface area contributed by atoms with Gasteiger partial charge in [0.05, 0.1) is 6.54 Å². The Morgan fingerprint density at radius 3 is 2.94 bits per heavy atom. The number of thiophene rings is 1. The summed E-state index contributed by atoms with van der Waals surface area (Å²) in [5, 5.41) is 7.61. The van der Waals surface area contributed by atoms with Crippen LogP contribution in [0.2, 0.25) is 0 Å². The van der Waals surface area contributed by atoms with E-state index in [1.54, 1.807) is 6.33 Å². The summed E-state index contributed by atoms with van der Waals surface area (Å²) in [5.74, 6) is 1.01. The quantitative estimate of drug-likeness (QED) is 0.855. The first-order valence-corrected chi connectivity index (χ1v) is 6.74. The zero-order valence-electron chi connectivity index (χ0n) is 10.3. The molecule has 0 saturated heterocycles. The van der Waals surface area contributed by atoms with Crippen molar-refractivity contribution in [3.05, 3.63) is 34.0 Å². The number of aryl methyl sites for hydroxylation is 2. The van der Waals surface area contributed by atoms with Crippen molar-refractivity contribution in [2.75, 3.05) is 0 Å². The third kappa shape index (κ3) is 3.38. The Labute approximate surface area is 106 Å². The predicted molar refractivity (Wildman–Crippen MR) is 69.9 cm³/mol. The third-order valence-corrected chi connectivity index (χ3v) is 3.51. The molecule has 5 heteroatoms. The van der Waals surface area contributed by atoms with E-state index in [4.69, 9.17) is 0 Å². The molecule has 0 aliphatic rings. The Balaban J connectivity index is 1.83. The second kappa shape index (κ2) is 5.93. The normalized spacial score (nSPS) is 10.9. The smallest absolute Gasteiger partial charge is 0.140 e. The Kier molecular flexibility index (Phi) is 4.28. The van der Waals surface area contributed by atoms with Gasteiger partial charge < -0.3 is 5.32 Å². The minimum atomic E-state index is 0.775. The lowest BCUT2D eigenvalue weighted by molar-refractivity contribution is 0.543. The van der Waals surface area contributed by atoms with E-state index < -0.39 is 0 Å². The summed E-state index contributed by atoms with van der Waals surface area (Å²) >= 11 is 1.83. The summed E-state index contributed by atoms with van der Waals surface area (Å²) in [6.07, 6.45) is 2.71. The minimum Gasteiger partial charge on any atom is -0.305 e. The molecule has 0 amide bonds. The molecule has 2 heterocycles.